The molecule has 1 unspecified atom stereocenters. The number of esters is 1. The van der Waals surface area contributed by atoms with Crippen LogP contribution in [0.25, 0.3) is 10.4 Å². The van der Waals surface area contributed by atoms with E-state index in [1.165, 1.54) is 37.7 Å². The Bertz CT molecular complexity index is 993. The van der Waals surface area contributed by atoms with E-state index in [0.717, 1.165) is 29.8 Å². The molecule has 2 heterocycles. The Hall–Kier alpha value is -2.71. The maximum absolute atomic E-state index is 13.0. The summed E-state index contributed by atoms with van der Waals surface area (Å²) in [5.41, 5.74) is 1.43. The van der Waals surface area contributed by atoms with Gasteiger partial charge in [0.05, 0.1) is 25.4 Å². The molecule has 2 aromatic rings. The number of carbonyl (C=O) groups excluding carboxylic acids is 3. The number of benzene rings is 1. The molecular weight excluding hydrogens is 464 g/mol. The zero-order valence-electron chi connectivity index (χ0n) is 21.0. The van der Waals surface area contributed by atoms with E-state index in [1.807, 2.05) is 62.1 Å². The van der Waals surface area contributed by atoms with Gasteiger partial charge >= 0.3 is 5.97 Å². The van der Waals surface area contributed by atoms with Crippen molar-refractivity contribution in [2.24, 2.45) is 5.92 Å². The smallest absolute Gasteiger partial charge is 0.350 e. The second-order valence-electron chi connectivity index (χ2n) is 9.87. The second kappa shape index (κ2) is 12.3. The minimum absolute atomic E-state index is 0.0318. The number of nitrogens with zero attached hydrogens (tertiary/aromatic N) is 1. The van der Waals surface area contributed by atoms with E-state index in [4.69, 9.17) is 4.74 Å². The van der Waals surface area contributed by atoms with Crippen LogP contribution in [0, 0.1) is 5.92 Å². The highest BCUT2D eigenvalue weighted by molar-refractivity contribution is 7.18. The SMILES string of the molecule is CC(C)(C)OC=O.COC(=O)c1sc(-c2ccccc2)cc1N1C(=O)CNCC1C1CCCCC1. The summed E-state index contributed by atoms with van der Waals surface area (Å²) in [5, 5.41) is 3.28. The van der Waals surface area contributed by atoms with E-state index in [-0.39, 0.29) is 23.5 Å². The predicted molar refractivity (Wildman–Crippen MR) is 139 cm³/mol. The lowest BCUT2D eigenvalue weighted by molar-refractivity contribution is -0.138. The van der Waals surface area contributed by atoms with Crippen LogP contribution in [0.15, 0.2) is 36.4 Å². The van der Waals surface area contributed by atoms with Crippen molar-refractivity contribution in [1.29, 1.82) is 0 Å². The number of methoxy groups -OCH3 is 1. The molecule has 1 saturated carbocycles. The predicted octanol–water partition coefficient (Wildman–Crippen LogP) is 5.04. The van der Waals surface area contributed by atoms with Crippen LogP contribution in [0.2, 0.25) is 0 Å². The van der Waals surface area contributed by atoms with Crippen LogP contribution < -0.4 is 10.2 Å². The number of piperazine rings is 1. The molecular formula is C27H36N2O5S. The number of carbonyl (C=O) groups is 3. The molecule has 0 radical (unpaired) electrons. The average Bonchev–Trinajstić information content (AvgIpc) is 3.29. The maximum Gasteiger partial charge on any atom is 0.350 e. The fourth-order valence-electron chi connectivity index (χ4n) is 4.59. The standard InChI is InChI=1S/C22H26N2O3S.C5H10O2/c1-27-22(26)21-17(12-19(28-21)16-10-6-3-7-11-16)24-18(13-23-14-20(24)25)15-8-4-2-5-9-15;1-5(2,3)7-4-6/h3,6-7,10-12,15,18,23H,2,4-5,8-9,13-14H2,1H3;4H,1-3H3. The van der Waals surface area contributed by atoms with E-state index < -0.39 is 0 Å². The van der Waals surface area contributed by atoms with E-state index in [9.17, 15) is 14.4 Å². The Morgan fingerprint density at radius 1 is 1.14 bits per heavy atom. The topological polar surface area (TPSA) is 84.9 Å². The van der Waals surface area contributed by atoms with Crippen LogP contribution in [0.4, 0.5) is 5.69 Å². The lowest BCUT2D eigenvalue weighted by Gasteiger charge is -2.41. The van der Waals surface area contributed by atoms with Crippen molar-refractivity contribution in [2.75, 3.05) is 25.1 Å². The molecule has 8 heteroatoms. The summed E-state index contributed by atoms with van der Waals surface area (Å²) < 4.78 is 9.60. The summed E-state index contributed by atoms with van der Waals surface area (Å²) in [5.74, 6) is 0.122. The molecule has 1 atom stereocenters. The van der Waals surface area contributed by atoms with E-state index >= 15 is 0 Å². The Morgan fingerprint density at radius 2 is 1.83 bits per heavy atom. The Balaban J connectivity index is 0.000000429. The van der Waals surface area contributed by atoms with Crippen molar-refractivity contribution in [3.63, 3.8) is 0 Å². The highest BCUT2D eigenvalue weighted by Gasteiger charge is 2.38. The number of thiophene rings is 1. The largest absolute Gasteiger partial charge is 0.465 e. The first-order valence-corrected chi connectivity index (χ1v) is 13.0. The zero-order valence-corrected chi connectivity index (χ0v) is 21.9. The quantitative estimate of drug-likeness (QED) is 0.457. The van der Waals surface area contributed by atoms with Gasteiger partial charge < -0.3 is 19.7 Å². The van der Waals surface area contributed by atoms with Gasteiger partial charge in [-0.1, -0.05) is 49.6 Å². The van der Waals surface area contributed by atoms with Crippen molar-refractivity contribution in [2.45, 2.75) is 64.5 Å². The molecule has 1 aliphatic carbocycles. The van der Waals surface area contributed by atoms with Gasteiger partial charge in [0.2, 0.25) is 5.91 Å². The molecule has 190 valence electrons. The number of nitrogens with one attached hydrogen (secondary N) is 1. The Morgan fingerprint density at radius 3 is 2.40 bits per heavy atom. The third-order valence-corrected chi connectivity index (χ3v) is 7.38. The van der Waals surface area contributed by atoms with Crippen LogP contribution in [0.3, 0.4) is 0 Å². The molecule has 35 heavy (non-hydrogen) atoms. The van der Waals surface area contributed by atoms with E-state index in [1.54, 1.807) is 0 Å². The summed E-state index contributed by atoms with van der Waals surface area (Å²) in [6, 6.07) is 12.1. The Kier molecular flexibility index (Phi) is 9.46. The summed E-state index contributed by atoms with van der Waals surface area (Å²) >= 11 is 1.40. The number of hydrogen-bond acceptors (Lipinski definition) is 7. The highest BCUT2D eigenvalue weighted by Crippen LogP contribution is 2.40. The fourth-order valence-corrected chi connectivity index (χ4v) is 5.66. The first-order chi connectivity index (χ1) is 16.7. The third-order valence-electron chi connectivity index (χ3n) is 6.23. The first-order valence-electron chi connectivity index (χ1n) is 12.2. The molecule has 1 saturated heterocycles. The van der Waals surface area contributed by atoms with Crippen LogP contribution in [0.1, 0.15) is 62.5 Å². The molecule has 2 fully saturated rings. The minimum atomic E-state index is -0.379. The molecule has 1 N–H and O–H groups in total. The van der Waals surface area contributed by atoms with Gasteiger partial charge in [0.25, 0.3) is 6.47 Å². The van der Waals surface area contributed by atoms with Crippen LogP contribution in [0.5, 0.6) is 0 Å². The number of ether oxygens (including phenoxy) is 2. The summed E-state index contributed by atoms with van der Waals surface area (Å²) in [6.07, 6.45) is 5.98. The van der Waals surface area contributed by atoms with Crippen molar-refractivity contribution in [3.05, 3.63) is 41.3 Å². The van der Waals surface area contributed by atoms with Gasteiger partial charge in [-0.05, 0) is 51.2 Å². The third kappa shape index (κ3) is 7.15. The molecule has 1 aliphatic heterocycles. The number of anilines is 1. The fraction of sp³-hybridized carbons (Fsp3) is 0.519. The van der Waals surface area contributed by atoms with E-state index in [0.29, 0.717) is 29.5 Å². The van der Waals surface area contributed by atoms with Crippen molar-refractivity contribution < 1.29 is 23.9 Å². The molecule has 4 rings (SSSR count). The van der Waals surface area contributed by atoms with Gasteiger partial charge in [0.1, 0.15) is 10.5 Å². The first kappa shape index (κ1) is 26.9. The van der Waals surface area contributed by atoms with Gasteiger partial charge in [0.15, 0.2) is 0 Å². The number of hydrogen-bond donors (Lipinski definition) is 1. The van der Waals surface area contributed by atoms with Gasteiger partial charge in [-0.2, -0.15) is 0 Å². The molecule has 1 aromatic carbocycles. The van der Waals surface area contributed by atoms with Gasteiger partial charge in [-0.25, -0.2) is 4.79 Å². The lowest BCUT2D eigenvalue weighted by atomic mass is 9.82. The number of rotatable bonds is 5. The molecule has 0 bridgehead atoms. The van der Waals surface area contributed by atoms with Gasteiger partial charge in [-0.15, -0.1) is 11.3 Å². The monoisotopic (exact) mass is 500 g/mol. The molecule has 2 aliphatic rings. The van der Waals surface area contributed by atoms with Crippen LogP contribution >= 0.6 is 11.3 Å². The second-order valence-corrected chi connectivity index (χ2v) is 10.9. The van der Waals surface area contributed by atoms with Gasteiger partial charge in [-0.3, -0.25) is 9.59 Å². The normalized spacial score (nSPS) is 18.9. The minimum Gasteiger partial charge on any atom is -0.465 e. The van der Waals surface area contributed by atoms with Crippen LogP contribution in [-0.2, 0) is 19.1 Å². The maximum atomic E-state index is 13.0. The van der Waals surface area contributed by atoms with Gasteiger partial charge in [0, 0.05) is 11.4 Å². The zero-order chi connectivity index (χ0) is 25.4. The molecule has 1 aromatic heterocycles. The van der Waals surface area contributed by atoms with Crippen molar-refractivity contribution in [1.82, 2.24) is 5.32 Å². The highest BCUT2D eigenvalue weighted by atomic mass is 32.1. The van der Waals surface area contributed by atoms with Crippen molar-refractivity contribution in [3.8, 4) is 10.4 Å². The summed E-state index contributed by atoms with van der Waals surface area (Å²) in [6.45, 7) is 7.00. The van der Waals surface area contributed by atoms with Crippen molar-refractivity contribution >= 4 is 35.4 Å². The summed E-state index contributed by atoms with van der Waals surface area (Å²) in [4.78, 5) is 38.5. The lowest BCUT2D eigenvalue weighted by Crippen LogP contribution is -2.58. The Labute approximate surface area is 211 Å². The molecule has 0 spiro atoms. The summed E-state index contributed by atoms with van der Waals surface area (Å²) in [7, 11) is 1.40. The average molecular weight is 501 g/mol. The molecule has 1 amide bonds. The van der Waals surface area contributed by atoms with E-state index in [2.05, 4.69) is 10.1 Å². The van der Waals surface area contributed by atoms with Crippen LogP contribution in [-0.4, -0.2) is 50.2 Å². The molecule has 7 nitrogen and oxygen atoms in total. The number of amides is 1.